The molecule has 1 aromatic rings. The molecule has 0 saturated carbocycles. The molecule has 0 atom stereocenters. The van der Waals surface area contributed by atoms with E-state index in [-0.39, 0.29) is 11.8 Å². The van der Waals surface area contributed by atoms with Crippen molar-refractivity contribution in [2.75, 3.05) is 33.3 Å². The van der Waals surface area contributed by atoms with Gasteiger partial charge in [-0.15, -0.1) is 0 Å². The van der Waals surface area contributed by atoms with E-state index in [0.717, 1.165) is 28.8 Å². The van der Waals surface area contributed by atoms with E-state index >= 15 is 0 Å². The molecule has 0 unspecified atom stereocenters. The molecular weight excluding hydrogens is 348 g/mol. The molecule has 2 rings (SSSR count). The zero-order valence-electron chi connectivity index (χ0n) is 13.0. The minimum atomic E-state index is 0.0711. The predicted octanol–water partition coefficient (Wildman–Crippen LogP) is 2.08. The topological polar surface area (TPSA) is 49.9 Å². The third-order valence-electron chi connectivity index (χ3n) is 3.88. The summed E-state index contributed by atoms with van der Waals surface area (Å²) in [4.78, 5) is 27.6. The molecule has 6 heteroatoms. The Morgan fingerprint density at radius 3 is 2.55 bits per heavy atom. The first-order valence-electron chi connectivity index (χ1n) is 7.37. The molecular formula is C16H21BrN2O3. The lowest BCUT2D eigenvalue weighted by Gasteiger charge is -2.22. The Kier molecular flexibility index (Phi) is 5.83. The van der Waals surface area contributed by atoms with Gasteiger partial charge in [0.15, 0.2) is 0 Å². The molecule has 0 spiro atoms. The summed E-state index contributed by atoms with van der Waals surface area (Å²) >= 11 is 3.42. The zero-order chi connectivity index (χ0) is 16.1. The summed E-state index contributed by atoms with van der Waals surface area (Å²) in [6.07, 6.45) is 1.13. The Labute approximate surface area is 139 Å². The highest BCUT2D eigenvalue weighted by molar-refractivity contribution is 9.10. The maximum absolute atomic E-state index is 12.5. The van der Waals surface area contributed by atoms with E-state index in [1.165, 1.54) is 0 Å². The average molecular weight is 369 g/mol. The molecule has 5 nitrogen and oxygen atoms in total. The van der Waals surface area contributed by atoms with Crippen LogP contribution in [-0.2, 0) is 16.0 Å². The Morgan fingerprint density at radius 2 is 1.86 bits per heavy atom. The van der Waals surface area contributed by atoms with Crippen LogP contribution >= 0.6 is 15.9 Å². The van der Waals surface area contributed by atoms with Gasteiger partial charge in [0.1, 0.15) is 5.75 Å². The van der Waals surface area contributed by atoms with Crippen LogP contribution in [0, 0.1) is 0 Å². The SMILES string of the molecule is COc1ccc(Br)cc1CC(=O)N1CCCN(C(C)=O)CC1. The van der Waals surface area contributed by atoms with Crippen molar-refractivity contribution in [1.82, 2.24) is 9.80 Å². The number of carbonyl (C=O) groups is 2. The Hall–Kier alpha value is -1.56. The van der Waals surface area contributed by atoms with Gasteiger partial charge in [-0.05, 0) is 24.6 Å². The van der Waals surface area contributed by atoms with Crippen molar-refractivity contribution >= 4 is 27.7 Å². The lowest BCUT2D eigenvalue weighted by molar-refractivity contribution is -0.132. The third-order valence-corrected chi connectivity index (χ3v) is 4.37. The number of amides is 2. The van der Waals surface area contributed by atoms with Crippen LogP contribution in [0.4, 0.5) is 0 Å². The summed E-state index contributed by atoms with van der Waals surface area (Å²) in [7, 11) is 1.61. The Bertz CT molecular complexity index is 562. The Balaban J connectivity index is 2.03. The summed E-state index contributed by atoms with van der Waals surface area (Å²) in [5, 5.41) is 0. The quantitative estimate of drug-likeness (QED) is 0.820. The molecule has 22 heavy (non-hydrogen) atoms. The van der Waals surface area contributed by atoms with Gasteiger partial charge >= 0.3 is 0 Å². The van der Waals surface area contributed by atoms with Crippen molar-refractivity contribution in [3.8, 4) is 5.75 Å². The first kappa shape index (κ1) is 16.8. The van der Waals surface area contributed by atoms with Crippen LogP contribution in [0.3, 0.4) is 0 Å². The molecule has 0 N–H and O–H groups in total. The van der Waals surface area contributed by atoms with Crippen LogP contribution in [0.2, 0.25) is 0 Å². The second-order valence-electron chi connectivity index (χ2n) is 5.37. The van der Waals surface area contributed by atoms with E-state index in [9.17, 15) is 9.59 Å². The van der Waals surface area contributed by atoms with Crippen molar-refractivity contribution in [3.63, 3.8) is 0 Å². The highest BCUT2D eigenvalue weighted by atomic mass is 79.9. The van der Waals surface area contributed by atoms with Crippen molar-refractivity contribution < 1.29 is 14.3 Å². The smallest absolute Gasteiger partial charge is 0.227 e. The standard InChI is InChI=1S/C16H21BrN2O3/c1-12(20)18-6-3-7-19(9-8-18)16(21)11-13-10-14(17)4-5-15(13)22-2/h4-5,10H,3,6-9,11H2,1-2H3. The number of ether oxygens (including phenoxy) is 1. The maximum atomic E-state index is 12.5. The second-order valence-corrected chi connectivity index (χ2v) is 6.29. The van der Waals surface area contributed by atoms with Crippen LogP contribution in [0.15, 0.2) is 22.7 Å². The number of methoxy groups -OCH3 is 1. The molecule has 1 fully saturated rings. The predicted molar refractivity (Wildman–Crippen MR) is 87.8 cm³/mol. The van der Waals surface area contributed by atoms with E-state index in [4.69, 9.17) is 4.74 Å². The van der Waals surface area contributed by atoms with Crippen molar-refractivity contribution in [2.24, 2.45) is 0 Å². The van der Waals surface area contributed by atoms with Gasteiger partial charge in [-0.1, -0.05) is 15.9 Å². The first-order valence-corrected chi connectivity index (χ1v) is 8.16. The van der Waals surface area contributed by atoms with Crippen molar-refractivity contribution in [3.05, 3.63) is 28.2 Å². The minimum Gasteiger partial charge on any atom is -0.496 e. The Morgan fingerprint density at radius 1 is 1.18 bits per heavy atom. The number of rotatable bonds is 3. The average Bonchev–Trinajstić information content (AvgIpc) is 2.73. The maximum Gasteiger partial charge on any atom is 0.227 e. The second kappa shape index (κ2) is 7.63. The van der Waals surface area contributed by atoms with E-state index in [1.807, 2.05) is 23.1 Å². The normalized spacial score (nSPS) is 15.4. The fourth-order valence-electron chi connectivity index (χ4n) is 2.64. The molecule has 2 amide bonds. The molecule has 0 bridgehead atoms. The summed E-state index contributed by atoms with van der Waals surface area (Å²) in [5.41, 5.74) is 0.870. The monoisotopic (exact) mass is 368 g/mol. The summed E-state index contributed by atoms with van der Waals surface area (Å²) in [6.45, 7) is 4.19. The van der Waals surface area contributed by atoms with Gasteiger partial charge in [-0.2, -0.15) is 0 Å². The van der Waals surface area contributed by atoms with E-state index in [0.29, 0.717) is 26.1 Å². The van der Waals surface area contributed by atoms with Crippen LogP contribution < -0.4 is 4.74 Å². The van der Waals surface area contributed by atoms with Gasteiger partial charge in [-0.25, -0.2) is 0 Å². The van der Waals surface area contributed by atoms with Crippen LogP contribution in [-0.4, -0.2) is 54.9 Å². The molecule has 1 aromatic carbocycles. The van der Waals surface area contributed by atoms with Gasteiger partial charge < -0.3 is 14.5 Å². The molecule has 120 valence electrons. The number of benzene rings is 1. The third kappa shape index (κ3) is 4.22. The minimum absolute atomic E-state index is 0.0711. The van der Waals surface area contributed by atoms with Crippen LogP contribution in [0.25, 0.3) is 0 Å². The van der Waals surface area contributed by atoms with E-state index < -0.39 is 0 Å². The summed E-state index contributed by atoms with van der Waals surface area (Å²) in [5.74, 6) is 0.862. The fourth-order valence-corrected chi connectivity index (χ4v) is 3.05. The molecule has 0 radical (unpaired) electrons. The van der Waals surface area contributed by atoms with E-state index in [1.54, 1.807) is 18.9 Å². The summed E-state index contributed by atoms with van der Waals surface area (Å²) < 4.78 is 6.24. The van der Waals surface area contributed by atoms with Gasteiger partial charge in [0, 0.05) is 43.1 Å². The van der Waals surface area contributed by atoms with Gasteiger partial charge in [0.2, 0.25) is 11.8 Å². The fraction of sp³-hybridized carbons (Fsp3) is 0.500. The molecule has 1 aliphatic heterocycles. The van der Waals surface area contributed by atoms with Crippen molar-refractivity contribution in [1.29, 1.82) is 0 Å². The number of nitrogens with zero attached hydrogens (tertiary/aromatic N) is 2. The molecule has 1 aliphatic rings. The van der Waals surface area contributed by atoms with Crippen LogP contribution in [0.5, 0.6) is 5.75 Å². The summed E-state index contributed by atoms with van der Waals surface area (Å²) in [6, 6.07) is 5.66. The molecule has 0 aromatic heterocycles. The van der Waals surface area contributed by atoms with Gasteiger partial charge in [-0.3, -0.25) is 9.59 Å². The van der Waals surface area contributed by atoms with E-state index in [2.05, 4.69) is 15.9 Å². The highest BCUT2D eigenvalue weighted by Crippen LogP contribution is 2.24. The van der Waals surface area contributed by atoms with Gasteiger partial charge in [0.05, 0.1) is 13.5 Å². The lowest BCUT2D eigenvalue weighted by atomic mass is 10.1. The first-order chi connectivity index (χ1) is 10.5. The van der Waals surface area contributed by atoms with Gasteiger partial charge in [0.25, 0.3) is 0 Å². The zero-order valence-corrected chi connectivity index (χ0v) is 14.6. The number of halogens is 1. The lowest BCUT2D eigenvalue weighted by Crippen LogP contribution is -2.37. The number of carbonyl (C=O) groups excluding carboxylic acids is 2. The number of hydrogen-bond donors (Lipinski definition) is 0. The highest BCUT2D eigenvalue weighted by Gasteiger charge is 2.21. The largest absolute Gasteiger partial charge is 0.496 e. The number of hydrogen-bond acceptors (Lipinski definition) is 3. The van der Waals surface area contributed by atoms with Crippen molar-refractivity contribution in [2.45, 2.75) is 19.8 Å². The molecule has 0 aliphatic carbocycles. The molecule has 1 heterocycles. The van der Waals surface area contributed by atoms with Crippen LogP contribution in [0.1, 0.15) is 18.9 Å². The molecule has 1 saturated heterocycles.